The minimum absolute atomic E-state index is 0.270. The fourth-order valence-corrected chi connectivity index (χ4v) is 3.80. The van der Waals surface area contributed by atoms with Crippen LogP contribution in [0.25, 0.3) is 22.3 Å². The molecule has 180 valence electrons. The number of rotatable bonds is 8. The van der Waals surface area contributed by atoms with E-state index in [0.717, 1.165) is 5.56 Å². The number of esters is 1. The number of pyridine rings is 1. The maximum Gasteiger partial charge on any atom is 0.339 e. The highest BCUT2D eigenvalue weighted by Gasteiger charge is 2.20. The number of carbonyl (C=O) groups excluding carboxylic acids is 2. The van der Waals surface area contributed by atoms with E-state index < -0.39 is 18.5 Å². The van der Waals surface area contributed by atoms with Crippen LogP contribution in [0.1, 0.15) is 17.3 Å². The van der Waals surface area contributed by atoms with E-state index >= 15 is 0 Å². The number of anilines is 1. The Morgan fingerprint density at radius 1 is 1.06 bits per heavy atom. The number of fused-ring (bicyclic) bond motifs is 1. The van der Waals surface area contributed by atoms with E-state index in [2.05, 4.69) is 15.4 Å². The molecule has 2 heterocycles. The number of methoxy groups -OCH3 is 2. The van der Waals surface area contributed by atoms with Crippen LogP contribution in [0.5, 0.6) is 11.5 Å². The largest absolute Gasteiger partial charge is 0.495 e. The number of halogens is 1. The van der Waals surface area contributed by atoms with Crippen molar-refractivity contribution in [2.24, 2.45) is 0 Å². The highest BCUT2D eigenvalue weighted by molar-refractivity contribution is 6.32. The molecule has 0 aliphatic heterocycles. The van der Waals surface area contributed by atoms with E-state index in [0.29, 0.717) is 45.5 Å². The summed E-state index contributed by atoms with van der Waals surface area (Å²) in [5.74, 6) is -0.478. The fourth-order valence-electron chi connectivity index (χ4n) is 3.56. The third-order valence-electron chi connectivity index (χ3n) is 5.28. The van der Waals surface area contributed by atoms with Crippen LogP contribution in [0.15, 0.2) is 54.7 Å². The molecule has 1 N–H and O–H groups in total. The van der Waals surface area contributed by atoms with Gasteiger partial charge in [-0.3, -0.25) is 4.79 Å². The average molecular weight is 495 g/mol. The lowest BCUT2D eigenvalue weighted by Gasteiger charge is -2.13. The maximum absolute atomic E-state index is 13.0. The molecule has 0 saturated carbocycles. The summed E-state index contributed by atoms with van der Waals surface area (Å²) in [6, 6.07) is 14.2. The van der Waals surface area contributed by atoms with Gasteiger partial charge in [0, 0.05) is 18.2 Å². The summed E-state index contributed by atoms with van der Waals surface area (Å²) < 4.78 is 17.5. The Morgan fingerprint density at radius 3 is 2.49 bits per heavy atom. The summed E-state index contributed by atoms with van der Waals surface area (Å²) in [7, 11) is 2.93. The van der Waals surface area contributed by atoms with Gasteiger partial charge < -0.3 is 19.5 Å². The molecule has 2 aromatic heterocycles. The normalized spacial score (nSPS) is 10.7. The van der Waals surface area contributed by atoms with Crippen LogP contribution in [-0.2, 0) is 16.1 Å². The van der Waals surface area contributed by atoms with E-state index in [1.807, 2.05) is 37.3 Å². The van der Waals surface area contributed by atoms with Crippen molar-refractivity contribution in [1.82, 2.24) is 14.8 Å². The molecule has 2 aromatic carbocycles. The summed E-state index contributed by atoms with van der Waals surface area (Å²) in [6.07, 6.45) is 1.57. The first kappa shape index (κ1) is 24.0. The van der Waals surface area contributed by atoms with Crippen molar-refractivity contribution in [1.29, 1.82) is 0 Å². The van der Waals surface area contributed by atoms with Crippen LogP contribution in [0.2, 0.25) is 5.02 Å². The summed E-state index contributed by atoms with van der Waals surface area (Å²) >= 11 is 6.15. The van der Waals surface area contributed by atoms with Gasteiger partial charge in [0.2, 0.25) is 0 Å². The first-order valence-corrected chi connectivity index (χ1v) is 11.1. The van der Waals surface area contributed by atoms with Crippen LogP contribution >= 0.6 is 11.6 Å². The third-order valence-corrected chi connectivity index (χ3v) is 5.58. The number of aromatic nitrogens is 3. The highest BCUT2D eigenvalue weighted by atomic mass is 35.5. The monoisotopic (exact) mass is 494 g/mol. The van der Waals surface area contributed by atoms with Crippen molar-refractivity contribution < 1.29 is 23.8 Å². The van der Waals surface area contributed by atoms with Gasteiger partial charge in [-0.05, 0) is 19.1 Å². The summed E-state index contributed by atoms with van der Waals surface area (Å²) in [5.41, 5.74) is 2.59. The Bertz CT molecular complexity index is 1390. The minimum Gasteiger partial charge on any atom is -0.495 e. The molecule has 0 atom stereocenters. The minimum atomic E-state index is -0.667. The van der Waals surface area contributed by atoms with Crippen LogP contribution in [0, 0.1) is 0 Å². The van der Waals surface area contributed by atoms with Crippen molar-refractivity contribution in [3.05, 3.63) is 65.3 Å². The number of benzene rings is 2. The van der Waals surface area contributed by atoms with Crippen molar-refractivity contribution in [3.63, 3.8) is 0 Å². The number of carbonyl (C=O) groups is 2. The van der Waals surface area contributed by atoms with E-state index in [-0.39, 0.29) is 5.56 Å². The number of amides is 1. The molecular weight excluding hydrogens is 472 g/mol. The standard InChI is InChI=1S/C25H23ClN4O5/c1-4-30-24-17(13-27-30)16(10-19(29-24)15-8-6-5-7-9-15)25(32)35-14-23(31)28-20-11-18(26)21(33-2)12-22(20)34-3/h5-13H,4,14H2,1-3H3,(H,28,31). The molecule has 9 nitrogen and oxygen atoms in total. The number of nitrogens with one attached hydrogen (secondary N) is 1. The lowest BCUT2D eigenvalue weighted by Crippen LogP contribution is -2.21. The Kier molecular flexibility index (Phi) is 7.17. The molecule has 0 spiro atoms. The number of hydrogen-bond acceptors (Lipinski definition) is 7. The Hall–Kier alpha value is -4.11. The SMILES string of the molecule is CCn1ncc2c(C(=O)OCC(=O)Nc3cc(Cl)c(OC)cc3OC)cc(-c3ccccc3)nc21. The highest BCUT2D eigenvalue weighted by Crippen LogP contribution is 2.35. The Labute approximate surface area is 206 Å². The zero-order valence-corrected chi connectivity index (χ0v) is 20.1. The lowest BCUT2D eigenvalue weighted by molar-refractivity contribution is -0.119. The molecule has 0 aliphatic carbocycles. The van der Waals surface area contributed by atoms with Gasteiger partial charge in [-0.25, -0.2) is 14.5 Å². The van der Waals surface area contributed by atoms with Crippen LogP contribution < -0.4 is 14.8 Å². The van der Waals surface area contributed by atoms with Gasteiger partial charge in [0.1, 0.15) is 11.5 Å². The molecule has 0 bridgehead atoms. The molecule has 35 heavy (non-hydrogen) atoms. The van der Waals surface area contributed by atoms with E-state index in [4.69, 9.17) is 25.8 Å². The summed E-state index contributed by atoms with van der Waals surface area (Å²) in [4.78, 5) is 30.3. The van der Waals surface area contributed by atoms with E-state index in [1.165, 1.54) is 20.3 Å². The molecule has 0 saturated heterocycles. The predicted octanol–water partition coefficient (Wildman–Crippen LogP) is 4.58. The van der Waals surface area contributed by atoms with Gasteiger partial charge in [-0.1, -0.05) is 41.9 Å². The van der Waals surface area contributed by atoms with Gasteiger partial charge in [0.25, 0.3) is 5.91 Å². The first-order chi connectivity index (χ1) is 16.9. The van der Waals surface area contributed by atoms with Crippen LogP contribution in [0.3, 0.4) is 0 Å². The molecule has 0 aliphatic rings. The smallest absolute Gasteiger partial charge is 0.339 e. The molecule has 4 rings (SSSR count). The number of aryl methyl sites for hydroxylation is 1. The Balaban J connectivity index is 1.56. The van der Waals surface area contributed by atoms with E-state index in [1.54, 1.807) is 23.0 Å². The molecule has 0 unspecified atom stereocenters. The first-order valence-electron chi connectivity index (χ1n) is 10.8. The predicted molar refractivity (Wildman–Crippen MR) is 132 cm³/mol. The van der Waals surface area contributed by atoms with Gasteiger partial charge in [-0.15, -0.1) is 0 Å². The van der Waals surface area contributed by atoms with E-state index in [9.17, 15) is 9.59 Å². The van der Waals surface area contributed by atoms with Gasteiger partial charge in [-0.2, -0.15) is 5.10 Å². The van der Waals surface area contributed by atoms with Crippen molar-refractivity contribution in [3.8, 4) is 22.8 Å². The zero-order chi connectivity index (χ0) is 24.9. The molecule has 10 heteroatoms. The number of nitrogens with zero attached hydrogens (tertiary/aromatic N) is 3. The lowest BCUT2D eigenvalue weighted by atomic mass is 10.1. The van der Waals surface area contributed by atoms with Crippen LogP contribution in [-0.4, -0.2) is 47.5 Å². The van der Waals surface area contributed by atoms with Gasteiger partial charge in [0.15, 0.2) is 12.3 Å². The molecule has 0 fully saturated rings. The topological polar surface area (TPSA) is 105 Å². The molecule has 0 radical (unpaired) electrons. The zero-order valence-electron chi connectivity index (χ0n) is 19.4. The quantitative estimate of drug-likeness (QED) is 0.357. The van der Waals surface area contributed by atoms with Gasteiger partial charge >= 0.3 is 5.97 Å². The maximum atomic E-state index is 13.0. The van der Waals surface area contributed by atoms with Gasteiger partial charge in [0.05, 0.1) is 47.8 Å². The van der Waals surface area contributed by atoms with Crippen LogP contribution in [0.4, 0.5) is 5.69 Å². The molecular formula is C25H23ClN4O5. The van der Waals surface area contributed by atoms with Crippen molar-refractivity contribution >= 4 is 40.2 Å². The summed E-state index contributed by atoms with van der Waals surface area (Å²) in [5, 5.41) is 7.79. The van der Waals surface area contributed by atoms with Crippen molar-refractivity contribution in [2.45, 2.75) is 13.5 Å². The molecule has 1 amide bonds. The fraction of sp³-hybridized carbons (Fsp3) is 0.200. The molecule has 4 aromatic rings. The Morgan fingerprint density at radius 2 is 1.80 bits per heavy atom. The second-order valence-electron chi connectivity index (χ2n) is 7.43. The van der Waals surface area contributed by atoms with Crippen molar-refractivity contribution in [2.75, 3.05) is 26.1 Å². The average Bonchev–Trinajstić information content (AvgIpc) is 3.30. The second kappa shape index (κ2) is 10.4. The summed E-state index contributed by atoms with van der Waals surface area (Å²) in [6.45, 7) is 2.00. The number of ether oxygens (including phenoxy) is 3. The second-order valence-corrected chi connectivity index (χ2v) is 7.84. The third kappa shape index (κ3) is 5.04. The number of hydrogen-bond donors (Lipinski definition) is 1.